The fourth-order valence-electron chi connectivity index (χ4n) is 0.347. The smallest absolute Gasteiger partial charge is 0.255 e. The second-order valence-corrected chi connectivity index (χ2v) is 3.03. The molecule has 2 nitrogen and oxygen atoms in total. The minimum Gasteiger partial charge on any atom is -0.323 e. The molecular weight excluding hydrogens is 146 g/mol. The van der Waals surface area contributed by atoms with Crippen LogP contribution in [-0.2, 0) is 4.79 Å². The lowest BCUT2D eigenvalue weighted by Crippen LogP contribution is -2.10. The van der Waals surface area contributed by atoms with E-state index in [1.54, 1.807) is 0 Å². The van der Waals surface area contributed by atoms with E-state index in [2.05, 4.69) is 0 Å². The normalized spacial score (nSPS) is 57.5. The molecule has 1 amide bonds. The van der Waals surface area contributed by atoms with Crippen molar-refractivity contribution in [1.29, 1.82) is 4.50 Å². The van der Waals surface area contributed by atoms with Crippen LogP contribution in [0.3, 0.4) is 0 Å². The lowest BCUT2D eigenvalue weighted by atomic mass is 10.6. The number of carbonyl (C=O) groups is 1. The summed E-state index contributed by atoms with van der Waals surface area (Å²) in [6, 6.07) is -0.805. The van der Waals surface area contributed by atoms with Gasteiger partial charge in [-0.15, -0.1) is 0 Å². The molecule has 0 aromatic carbocycles. The van der Waals surface area contributed by atoms with Gasteiger partial charge in [-0.25, -0.2) is 11.6 Å². The van der Waals surface area contributed by atoms with Crippen molar-refractivity contribution in [3.63, 3.8) is 0 Å². The maximum Gasteiger partial charge on any atom is 0.255 e. The summed E-state index contributed by atoms with van der Waals surface area (Å²) in [4.78, 5) is 11.1. The van der Waals surface area contributed by atoms with E-state index in [0.29, 0.717) is 4.31 Å². The van der Waals surface area contributed by atoms with Gasteiger partial charge in [0.15, 0.2) is 0 Å². The van der Waals surface area contributed by atoms with E-state index in [1.165, 1.54) is 0 Å². The van der Waals surface area contributed by atoms with Gasteiger partial charge in [0.2, 0.25) is 0 Å². The average Bonchev–Trinajstić information content (AvgIpc) is 2.02. The lowest BCUT2D eigenvalue weighted by Gasteiger charge is -2.09. The number of hydrogen-bond acceptors (Lipinski definition) is 1. The highest BCUT2D eigenvalue weighted by Crippen LogP contribution is 2.28. The summed E-state index contributed by atoms with van der Waals surface area (Å²) < 4.78 is 36.0. The Morgan fingerprint density at radius 3 is 3.00 bits per heavy atom. The Kier molecular flexibility index (Phi) is 0.555. The van der Waals surface area contributed by atoms with Gasteiger partial charge in [0.1, 0.15) is 0 Å². The third-order valence-corrected chi connectivity index (χ3v) is 1.71. The van der Waals surface area contributed by atoms with Crippen molar-refractivity contribution in [2.24, 2.45) is 0 Å². The maximum absolute atomic E-state index is 11.1. The number of nitrogens with zero attached hydrogens (tertiary/aromatic N) is 1. The van der Waals surface area contributed by atoms with Crippen molar-refractivity contribution in [3.05, 3.63) is 10.4 Å². The van der Waals surface area contributed by atoms with E-state index in [1.807, 2.05) is 0 Å². The Morgan fingerprint density at radius 1 is 2.25 bits per heavy atom. The molecule has 1 aliphatic rings. The van der Waals surface area contributed by atoms with E-state index in [4.69, 9.17) is 17.5 Å². The predicted molar refractivity (Wildman–Crippen MR) is 39.9 cm³/mol. The molecule has 0 spiro atoms. The van der Waals surface area contributed by atoms with Crippen LogP contribution in [0.2, 0.25) is 0 Å². The zero-order chi connectivity index (χ0) is 10.7. The van der Waals surface area contributed by atoms with Crippen molar-refractivity contribution in [2.75, 3.05) is 7.05 Å². The summed E-state index contributed by atoms with van der Waals surface area (Å²) in [5.41, 5.74) is 0. The minimum atomic E-state index is -5.84. The molecule has 0 N–H and O–H groups in total. The maximum atomic E-state index is 11.1. The number of carbonyl (C=O) groups excluding carboxylic acids is 1. The van der Waals surface area contributed by atoms with Crippen LogP contribution in [-0.4, -0.2) is 21.8 Å². The highest BCUT2D eigenvalue weighted by atomic mass is 35.5. The third kappa shape index (κ3) is 0.980. The molecular formula is C4H8ClNOS. The lowest BCUT2D eigenvalue weighted by molar-refractivity contribution is -0.120. The van der Waals surface area contributed by atoms with E-state index in [-0.39, 0.29) is 0 Å². The largest absolute Gasteiger partial charge is 0.323 e. The molecule has 0 saturated heterocycles. The van der Waals surface area contributed by atoms with Crippen LogP contribution < -0.4 is 0 Å². The number of likely N-dealkylation sites (N-methyl/N-ethyl adjacent to an activating group) is 1. The Hall–Kier alpha value is -0.150. The summed E-state index contributed by atoms with van der Waals surface area (Å²) in [6.07, 6.45) is 0. The Morgan fingerprint density at radius 2 is 2.88 bits per heavy atom. The topological polar surface area (TPSA) is 20.3 Å². The van der Waals surface area contributed by atoms with Crippen molar-refractivity contribution < 1.29 is 6.17 Å². The van der Waals surface area contributed by atoms with Crippen LogP contribution in [0, 0.1) is 0 Å². The second-order valence-electron chi connectivity index (χ2n) is 1.29. The van der Waals surface area contributed by atoms with Gasteiger partial charge in [0, 0.05) is 13.1 Å². The second kappa shape index (κ2) is 1.99. The summed E-state index contributed by atoms with van der Waals surface area (Å²) in [5, 5.41) is 0. The molecule has 0 aromatic heterocycles. The van der Waals surface area contributed by atoms with Gasteiger partial charge in [-0.1, -0.05) is 11.6 Å². The van der Waals surface area contributed by atoms with Crippen LogP contribution in [0.5, 0.6) is 0 Å². The Bertz CT molecular complexity index is 344. The van der Waals surface area contributed by atoms with Crippen molar-refractivity contribution in [2.45, 2.75) is 0 Å². The highest BCUT2D eigenvalue weighted by Gasteiger charge is 2.10. The van der Waals surface area contributed by atoms with Gasteiger partial charge >= 0.3 is 0 Å². The number of amides is 1. The molecule has 0 unspecified atom stereocenters. The van der Waals surface area contributed by atoms with Gasteiger partial charge in [0.05, 0.1) is 10.2 Å². The van der Waals surface area contributed by atoms with Crippen molar-refractivity contribution in [3.8, 4) is 0 Å². The first kappa shape index (κ1) is 2.23. The Labute approximate surface area is 62.4 Å². The van der Waals surface area contributed by atoms with Crippen molar-refractivity contribution in [1.82, 2.24) is 4.31 Å². The average molecular weight is 159 g/mol. The number of rotatable bonds is 0. The molecule has 0 bridgehead atoms. The van der Waals surface area contributed by atoms with Crippen LogP contribution in [0.15, 0.2) is 10.4 Å². The standard InChI is InChI=1S/C4H8ClNOS/c1-6-4(7)2-3(5)8-6/h2H,1H3,8H4/i2D,8D4. The highest BCUT2D eigenvalue weighted by molar-refractivity contribution is 8.03. The molecule has 0 saturated carbocycles. The summed E-state index contributed by atoms with van der Waals surface area (Å²) in [7, 11) is 0.966. The first-order chi connectivity index (χ1) is 5.41. The molecule has 0 fully saturated rings. The summed E-state index contributed by atoms with van der Waals surface area (Å²) in [6.45, 7) is 0. The van der Waals surface area contributed by atoms with E-state index < -0.39 is 27.9 Å². The van der Waals surface area contributed by atoms with Gasteiger partial charge < -0.3 is 4.31 Å². The predicted octanol–water partition coefficient (Wildman–Crippen LogP) is 0.116. The molecule has 0 aliphatic carbocycles. The van der Waals surface area contributed by atoms with E-state index in [9.17, 15) is 4.79 Å². The van der Waals surface area contributed by atoms with Crippen LogP contribution in [0.1, 0.15) is 1.37 Å². The van der Waals surface area contributed by atoms with Crippen LogP contribution in [0.4, 0.5) is 0 Å². The van der Waals surface area contributed by atoms with Crippen molar-refractivity contribution >= 4 is 29.1 Å². The minimum absolute atomic E-state index is 0.296. The summed E-state index contributed by atoms with van der Waals surface area (Å²) in [5.74, 6) is -1.03. The Balaban J connectivity index is 3.60. The van der Waals surface area contributed by atoms with E-state index >= 15 is 0 Å². The molecule has 0 atom stereocenters. The van der Waals surface area contributed by atoms with Gasteiger partial charge in [0.25, 0.3) is 5.91 Å². The zero-order valence-corrected chi connectivity index (χ0v) is 5.71. The van der Waals surface area contributed by atoms with Gasteiger partial charge in [-0.2, -0.15) is 0 Å². The molecule has 1 heterocycles. The first-order valence-electron chi connectivity index (χ1n) is 4.08. The molecule has 0 aromatic rings. The summed E-state index contributed by atoms with van der Waals surface area (Å²) >= 11 is -0.482. The SMILES string of the molecule is [2H]C1=C(Cl)S([2H])([2H])([2H])([2H])N(C)C1=O. The third-order valence-electron chi connectivity index (χ3n) is 0.708. The molecule has 1 rings (SSSR count). The quantitative estimate of drug-likeness (QED) is 0.491. The first-order valence-corrected chi connectivity index (χ1v) is 3.10. The number of hydrogen-bond donors (Lipinski definition) is 0. The van der Waals surface area contributed by atoms with Crippen LogP contribution >= 0.6 is 23.2 Å². The van der Waals surface area contributed by atoms with Crippen LogP contribution in [0.25, 0.3) is 0 Å². The molecule has 0 radical (unpaired) electrons. The fraction of sp³-hybridized carbons (Fsp3) is 0.250. The zero-order valence-electron chi connectivity index (χ0n) is 9.14. The van der Waals surface area contributed by atoms with Gasteiger partial charge in [-0.05, 0) is 0 Å². The van der Waals surface area contributed by atoms with E-state index in [0.717, 1.165) is 7.05 Å². The molecule has 48 valence electrons. The molecule has 1 aliphatic heterocycles. The molecule has 4 heteroatoms. The molecule has 8 heavy (non-hydrogen) atoms. The van der Waals surface area contributed by atoms with Gasteiger partial charge in [-0.3, -0.25) is 4.79 Å². The monoisotopic (exact) mass is 158 g/mol. The fourth-order valence-corrected chi connectivity index (χ4v) is 1.24. The number of halogens is 1.